The van der Waals surface area contributed by atoms with E-state index in [2.05, 4.69) is 4.74 Å². The molecule has 0 spiro atoms. The molecular formula is C14H17NO3. The fourth-order valence-corrected chi connectivity index (χ4v) is 2.04. The molecule has 1 aromatic carbocycles. The van der Waals surface area contributed by atoms with Crippen molar-refractivity contribution >= 4 is 11.7 Å². The van der Waals surface area contributed by atoms with Crippen molar-refractivity contribution in [3.63, 3.8) is 0 Å². The fourth-order valence-electron chi connectivity index (χ4n) is 2.04. The summed E-state index contributed by atoms with van der Waals surface area (Å²) in [6.45, 7) is 5.71. The average molecular weight is 247 g/mol. The average Bonchev–Trinajstić information content (AvgIpc) is 2.28. The van der Waals surface area contributed by atoms with Crippen LogP contribution in [0, 0.1) is 26.2 Å². The molecule has 0 amide bonds. The van der Waals surface area contributed by atoms with E-state index >= 15 is 0 Å². The van der Waals surface area contributed by atoms with Crippen molar-refractivity contribution in [1.29, 1.82) is 5.41 Å². The van der Waals surface area contributed by atoms with E-state index in [1.54, 1.807) is 0 Å². The van der Waals surface area contributed by atoms with Crippen LogP contribution in [0.15, 0.2) is 24.0 Å². The summed E-state index contributed by atoms with van der Waals surface area (Å²) in [5.41, 5.74) is 3.34. The number of carbonyl (C=O) groups excluding carboxylic acids is 1. The molecule has 0 bridgehead atoms. The fraction of sp³-hybridized carbons (Fsp3) is 0.286. The minimum absolute atomic E-state index is 0.0284. The summed E-state index contributed by atoms with van der Waals surface area (Å²) in [6, 6.07) is 3.87. The number of methoxy groups -OCH3 is 1. The van der Waals surface area contributed by atoms with E-state index in [0.29, 0.717) is 11.8 Å². The number of nitrogens with one attached hydrogen (secondary N) is 1. The van der Waals surface area contributed by atoms with Gasteiger partial charge in [-0.05, 0) is 31.9 Å². The summed E-state index contributed by atoms with van der Waals surface area (Å²) < 4.78 is 4.54. The van der Waals surface area contributed by atoms with E-state index in [0.717, 1.165) is 16.7 Å². The first-order chi connectivity index (χ1) is 8.42. The molecule has 0 radical (unpaired) electrons. The molecule has 0 aliphatic heterocycles. The third kappa shape index (κ3) is 2.59. The number of carbonyl (C=O) groups is 1. The lowest BCUT2D eigenvalue weighted by atomic mass is 9.93. The Kier molecular flexibility index (Phi) is 4.26. The molecule has 2 N–H and O–H groups in total. The smallest absolute Gasteiger partial charge is 0.343 e. The Morgan fingerprint density at radius 2 is 1.78 bits per heavy atom. The largest absolute Gasteiger partial charge is 0.515 e. The van der Waals surface area contributed by atoms with Gasteiger partial charge in [-0.3, -0.25) is 5.41 Å². The molecule has 0 atom stereocenters. The van der Waals surface area contributed by atoms with Crippen LogP contribution in [-0.4, -0.2) is 23.9 Å². The van der Waals surface area contributed by atoms with Gasteiger partial charge in [0, 0.05) is 5.56 Å². The predicted molar refractivity (Wildman–Crippen MR) is 70.2 cm³/mol. The number of benzene rings is 1. The maximum atomic E-state index is 11.5. The van der Waals surface area contributed by atoms with Gasteiger partial charge >= 0.3 is 5.97 Å². The van der Waals surface area contributed by atoms with Gasteiger partial charge in [-0.15, -0.1) is 0 Å². The number of aliphatic hydroxyl groups excluding tert-OH is 1. The number of ether oxygens (including phenoxy) is 1. The van der Waals surface area contributed by atoms with Gasteiger partial charge in [0.15, 0.2) is 0 Å². The summed E-state index contributed by atoms with van der Waals surface area (Å²) in [6.07, 6.45) is 0.618. The lowest BCUT2D eigenvalue weighted by Crippen LogP contribution is -2.17. The van der Waals surface area contributed by atoms with Gasteiger partial charge in [-0.25, -0.2) is 4.79 Å². The zero-order valence-electron chi connectivity index (χ0n) is 11.0. The summed E-state index contributed by atoms with van der Waals surface area (Å²) in [4.78, 5) is 11.5. The molecule has 1 rings (SSSR count). The van der Waals surface area contributed by atoms with Crippen molar-refractivity contribution in [1.82, 2.24) is 0 Å². The van der Waals surface area contributed by atoms with Gasteiger partial charge in [0.1, 0.15) is 5.57 Å². The van der Waals surface area contributed by atoms with Crippen molar-refractivity contribution in [3.8, 4) is 0 Å². The summed E-state index contributed by atoms with van der Waals surface area (Å²) >= 11 is 0. The maximum Gasteiger partial charge on any atom is 0.343 e. The molecule has 0 aliphatic carbocycles. The lowest BCUT2D eigenvalue weighted by Gasteiger charge is -2.13. The Bertz CT molecular complexity index is 507. The van der Waals surface area contributed by atoms with Gasteiger partial charge < -0.3 is 9.84 Å². The first-order valence-electron chi connectivity index (χ1n) is 5.52. The van der Waals surface area contributed by atoms with Crippen molar-refractivity contribution < 1.29 is 14.6 Å². The molecule has 0 aliphatic rings. The molecule has 4 nitrogen and oxygen atoms in total. The third-order valence-corrected chi connectivity index (χ3v) is 2.73. The topological polar surface area (TPSA) is 70.4 Å². The molecule has 0 heterocycles. The van der Waals surface area contributed by atoms with Crippen LogP contribution >= 0.6 is 0 Å². The third-order valence-electron chi connectivity index (χ3n) is 2.73. The summed E-state index contributed by atoms with van der Waals surface area (Å²) in [5, 5.41) is 17.1. The molecule has 0 unspecified atom stereocenters. The molecule has 0 saturated carbocycles. The van der Waals surface area contributed by atoms with Gasteiger partial charge in [0.2, 0.25) is 0 Å². The van der Waals surface area contributed by atoms with E-state index in [4.69, 9.17) is 10.5 Å². The van der Waals surface area contributed by atoms with E-state index in [1.165, 1.54) is 7.11 Å². The van der Waals surface area contributed by atoms with E-state index in [9.17, 15) is 4.79 Å². The Hall–Kier alpha value is -2.10. The second-order valence-corrected chi connectivity index (χ2v) is 4.18. The van der Waals surface area contributed by atoms with E-state index in [-0.39, 0.29) is 11.3 Å². The number of aliphatic hydroxyl groups is 1. The van der Waals surface area contributed by atoms with Crippen LogP contribution in [0.4, 0.5) is 0 Å². The zero-order chi connectivity index (χ0) is 13.9. The molecule has 0 fully saturated rings. The monoisotopic (exact) mass is 247 g/mol. The van der Waals surface area contributed by atoms with Crippen molar-refractivity contribution in [2.75, 3.05) is 7.11 Å². The Morgan fingerprint density at radius 1 is 1.28 bits per heavy atom. The molecule has 4 heteroatoms. The first kappa shape index (κ1) is 14.0. The normalized spacial score (nSPS) is 11.2. The van der Waals surface area contributed by atoms with Crippen LogP contribution in [-0.2, 0) is 9.53 Å². The van der Waals surface area contributed by atoms with Gasteiger partial charge in [-0.2, -0.15) is 0 Å². The van der Waals surface area contributed by atoms with Gasteiger partial charge in [-0.1, -0.05) is 17.7 Å². The van der Waals surface area contributed by atoms with Gasteiger partial charge in [0.05, 0.1) is 19.1 Å². The Labute approximate surface area is 106 Å². The van der Waals surface area contributed by atoms with Crippen LogP contribution in [0.25, 0.3) is 0 Å². The molecule has 1 aromatic rings. The second-order valence-electron chi connectivity index (χ2n) is 4.18. The first-order valence-corrected chi connectivity index (χ1v) is 5.52. The quantitative estimate of drug-likeness (QED) is 0.373. The standard InChI is InChI=1S/C14H17NO3/c1-8-5-9(2)12(10(3)6-8)13(15)11(7-16)14(17)18-4/h5-7,15-16H,1-4H3/b11-7+,15-13?. The lowest BCUT2D eigenvalue weighted by molar-refractivity contribution is -0.135. The van der Waals surface area contributed by atoms with Crippen molar-refractivity contribution in [3.05, 3.63) is 46.2 Å². The second kappa shape index (κ2) is 5.49. The maximum absolute atomic E-state index is 11.5. The Morgan fingerprint density at radius 3 is 2.17 bits per heavy atom. The van der Waals surface area contributed by atoms with Crippen LogP contribution in [0.5, 0.6) is 0 Å². The minimum atomic E-state index is -0.720. The highest BCUT2D eigenvalue weighted by Gasteiger charge is 2.20. The SMILES string of the molecule is COC(=O)/C(=C/O)C(=N)c1c(C)cc(C)cc1C. The van der Waals surface area contributed by atoms with Crippen LogP contribution in [0.2, 0.25) is 0 Å². The Balaban J connectivity index is 3.31. The summed E-state index contributed by atoms with van der Waals surface area (Å²) in [7, 11) is 1.22. The number of rotatable bonds is 3. The molecule has 18 heavy (non-hydrogen) atoms. The molecule has 0 aromatic heterocycles. The number of hydrogen-bond acceptors (Lipinski definition) is 4. The van der Waals surface area contributed by atoms with Gasteiger partial charge in [0.25, 0.3) is 0 Å². The zero-order valence-corrected chi connectivity index (χ0v) is 11.0. The molecular weight excluding hydrogens is 230 g/mol. The highest BCUT2D eigenvalue weighted by molar-refractivity contribution is 6.26. The van der Waals surface area contributed by atoms with Crippen molar-refractivity contribution in [2.24, 2.45) is 0 Å². The predicted octanol–water partition coefficient (Wildman–Crippen LogP) is 2.59. The highest BCUT2D eigenvalue weighted by Crippen LogP contribution is 2.20. The molecule has 0 saturated heterocycles. The molecule has 96 valence electrons. The highest BCUT2D eigenvalue weighted by atomic mass is 16.5. The van der Waals surface area contributed by atoms with Crippen molar-refractivity contribution in [2.45, 2.75) is 20.8 Å². The van der Waals surface area contributed by atoms with Crippen LogP contribution < -0.4 is 0 Å². The summed E-state index contributed by atoms with van der Waals surface area (Å²) in [5.74, 6) is -0.720. The van der Waals surface area contributed by atoms with Crippen LogP contribution in [0.1, 0.15) is 22.3 Å². The van der Waals surface area contributed by atoms with E-state index < -0.39 is 5.97 Å². The number of aryl methyl sites for hydroxylation is 3. The number of esters is 1. The number of hydrogen-bond donors (Lipinski definition) is 2. The van der Waals surface area contributed by atoms with E-state index in [1.807, 2.05) is 32.9 Å². The minimum Gasteiger partial charge on any atom is -0.515 e. The van der Waals surface area contributed by atoms with Crippen LogP contribution in [0.3, 0.4) is 0 Å².